The molecule has 6 rings (SSSR count). The summed E-state index contributed by atoms with van der Waals surface area (Å²) < 4.78 is 61.1. The number of halogens is 3. The molecule has 3 aromatic rings. The van der Waals surface area contributed by atoms with Crippen molar-refractivity contribution in [2.24, 2.45) is 0 Å². The van der Waals surface area contributed by atoms with Crippen LogP contribution < -0.4 is 5.32 Å². The maximum atomic E-state index is 14.1. The Morgan fingerprint density at radius 1 is 0.962 bits per heavy atom. The molecule has 1 aliphatic carbocycles. The molecule has 14 heteroatoms. The van der Waals surface area contributed by atoms with E-state index in [4.69, 9.17) is 14.2 Å². The van der Waals surface area contributed by atoms with Gasteiger partial charge in [-0.1, -0.05) is 72.8 Å². The van der Waals surface area contributed by atoms with E-state index in [1.54, 1.807) is 6.08 Å². The van der Waals surface area contributed by atoms with E-state index in [1.807, 2.05) is 60.7 Å². The molecule has 4 atom stereocenters. The first kappa shape index (κ1) is 37.4. The minimum absolute atomic E-state index is 0.0488. The van der Waals surface area contributed by atoms with Crippen LogP contribution >= 0.6 is 0 Å². The number of ether oxygens (including phenoxy) is 4. The molecule has 11 nitrogen and oxygen atoms in total. The Bertz CT molecular complexity index is 1830. The molecule has 2 fully saturated rings. The van der Waals surface area contributed by atoms with Crippen LogP contribution in [0.15, 0.2) is 103 Å². The molecule has 2 aliphatic heterocycles. The van der Waals surface area contributed by atoms with E-state index < -0.39 is 60.8 Å². The maximum Gasteiger partial charge on any atom is 0.422 e. The highest BCUT2D eigenvalue weighted by atomic mass is 19.4. The number of aliphatic hydroxyl groups excluding tert-OH is 1. The number of rotatable bonds is 11. The second-order valence-corrected chi connectivity index (χ2v) is 12.7. The molecule has 0 saturated carbocycles. The third kappa shape index (κ3) is 8.67. The molecule has 0 bridgehead atoms. The molecule has 0 aromatic heterocycles. The van der Waals surface area contributed by atoms with Crippen molar-refractivity contribution in [3.05, 3.63) is 125 Å². The normalized spacial score (nSPS) is 22.2. The first-order chi connectivity index (χ1) is 25.5. The SMILES string of the molecule is O=C(C=Cc1cccc(C(=O)OC2CC(C(=O)N3CCCC3C(=O)NCCO)=CC3OC(c4ccccc4)(c4ccccc4)OC32)c1)OCC(F)(F)F. The van der Waals surface area contributed by atoms with E-state index in [2.05, 4.69) is 10.1 Å². The van der Waals surface area contributed by atoms with Gasteiger partial charge in [-0.3, -0.25) is 9.59 Å². The highest BCUT2D eigenvalue weighted by Gasteiger charge is 2.55. The van der Waals surface area contributed by atoms with E-state index in [0.717, 1.165) is 6.08 Å². The molecule has 53 heavy (non-hydrogen) atoms. The Balaban J connectivity index is 1.29. The summed E-state index contributed by atoms with van der Waals surface area (Å²) >= 11 is 0. The predicted octanol–water partition coefficient (Wildman–Crippen LogP) is 4.45. The number of amides is 2. The fraction of sp³-hybridized carbons (Fsp3) is 0.333. The van der Waals surface area contributed by atoms with Crippen LogP contribution in [0.4, 0.5) is 13.2 Å². The van der Waals surface area contributed by atoms with Gasteiger partial charge in [0.25, 0.3) is 0 Å². The van der Waals surface area contributed by atoms with E-state index in [-0.39, 0.29) is 36.6 Å². The van der Waals surface area contributed by atoms with E-state index in [9.17, 15) is 37.5 Å². The van der Waals surface area contributed by atoms with Crippen molar-refractivity contribution in [1.29, 1.82) is 0 Å². The number of aliphatic hydroxyl groups is 1. The topological polar surface area (TPSA) is 141 Å². The lowest BCUT2D eigenvalue weighted by Gasteiger charge is -2.33. The summed E-state index contributed by atoms with van der Waals surface area (Å²) in [6.45, 7) is -1.61. The second kappa shape index (κ2) is 16.1. The number of esters is 2. The summed E-state index contributed by atoms with van der Waals surface area (Å²) in [6, 6.07) is 23.6. The van der Waals surface area contributed by atoms with Crippen LogP contribution in [0.5, 0.6) is 0 Å². The number of carbonyl (C=O) groups is 4. The Morgan fingerprint density at radius 3 is 2.32 bits per heavy atom. The summed E-state index contributed by atoms with van der Waals surface area (Å²) in [7, 11) is 0. The number of hydrogen-bond donors (Lipinski definition) is 2. The van der Waals surface area contributed by atoms with Gasteiger partial charge in [-0.15, -0.1) is 0 Å². The first-order valence-electron chi connectivity index (χ1n) is 17.1. The Morgan fingerprint density at radius 2 is 1.66 bits per heavy atom. The summed E-state index contributed by atoms with van der Waals surface area (Å²) in [5.41, 5.74) is 1.97. The number of hydrogen-bond acceptors (Lipinski definition) is 9. The quantitative estimate of drug-likeness (QED) is 0.216. The molecule has 2 saturated heterocycles. The third-order valence-corrected chi connectivity index (χ3v) is 9.06. The number of benzene rings is 3. The number of alkyl halides is 3. The minimum Gasteiger partial charge on any atom is -0.456 e. The molecular weight excluding hydrogens is 697 g/mol. The Hall–Kier alpha value is -5.31. The van der Waals surface area contributed by atoms with Gasteiger partial charge in [0, 0.05) is 42.3 Å². The molecule has 3 aromatic carbocycles. The van der Waals surface area contributed by atoms with Crippen molar-refractivity contribution in [2.45, 2.75) is 55.6 Å². The Kier molecular flexibility index (Phi) is 11.4. The second-order valence-electron chi connectivity index (χ2n) is 12.7. The van der Waals surface area contributed by atoms with Crippen LogP contribution in [0.1, 0.15) is 46.3 Å². The molecule has 4 unspecified atom stereocenters. The molecule has 2 N–H and O–H groups in total. The van der Waals surface area contributed by atoms with Crippen LogP contribution in [0, 0.1) is 0 Å². The standard InChI is InChI=1S/C39H37F3N2O9/c40-38(41,42)24-50-33(46)17-16-25-9-7-10-26(21-25)37(49)51-31-22-27(36(48)44-19-8-15-30(44)35(47)43-18-20-45)23-32-34(31)53-39(52-32,28-11-3-1-4-12-28)29-13-5-2-6-14-29/h1-7,9-14,16-17,21,23,30-32,34,45H,8,15,18-20,22,24H2,(H,43,47). The van der Waals surface area contributed by atoms with Crippen LogP contribution in [0.2, 0.25) is 0 Å². The molecule has 2 amide bonds. The van der Waals surface area contributed by atoms with Crippen molar-refractivity contribution < 1.29 is 56.4 Å². The lowest BCUT2D eigenvalue weighted by Crippen LogP contribution is -2.49. The summed E-state index contributed by atoms with van der Waals surface area (Å²) in [4.78, 5) is 54.1. The van der Waals surface area contributed by atoms with Crippen molar-refractivity contribution >= 4 is 29.8 Å². The van der Waals surface area contributed by atoms with E-state index in [0.29, 0.717) is 36.1 Å². The maximum absolute atomic E-state index is 14.1. The fourth-order valence-electron chi connectivity index (χ4n) is 6.69. The zero-order valence-electron chi connectivity index (χ0n) is 28.4. The highest BCUT2D eigenvalue weighted by molar-refractivity contribution is 5.98. The predicted molar refractivity (Wildman–Crippen MR) is 183 cm³/mol. The molecule has 278 valence electrons. The monoisotopic (exact) mass is 734 g/mol. The number of nitrogens with one attached hydrogen (secondary N) is 1. The van der Waals surface area contributed by atoms with Crippen molar-refractivity contribution in [1.82, 2.24) is 10.2 Å². The zero-order chi connectivity index (χ0) is 37.6. The molecule has 0 radical (unpaired) electrons. The average Bonchev–Trinajstić information content (AvgIpc) is 3.82. The Labute approximate surface area is 303 Å². The number of fused-ring (bicyclic) bond motifs is 1. The summed E-state index contributed by atoms with van der Waals surface area (Å²) in [6.07, 6.45) is -2.83. The van der Waals surface area contributed by atoms with Crippen molar-refractivity contribution in [3.8, 4) is 0 Å². The van der Waals surface area contributed by atoms with Gasteiger partial charge in [0.2, 0.25) is 17.6 Å². The van der Waals surface area contributed by atoms with Crippen molar-refractivity contribution in [2.75, 3.05) is 26.3 Å². The molecule has 0 spiro atoms. The van der Waals surface area contributed by atoms with Gasteiger partial charge in [-0.25, -0.2) is 9.59 Å². The van der Waals surface area contributed by atoms with Gasteiger partial charge < -0.3 is 34.3 Å². The fourth-order valence-corrected chi connectivity index (χ4v) is 6.69. The summed E-state index contributed by atoms with van der Waals surface area (Å²) in [5.74, 6) is -4.24. The van der Waals surface area contributed by atoms with Gasteiger partial charge in [-0.2, -0.15) is 13.2 Å². The van der Waals surface area contributed by atoms with Crippen molar-refractivity contribution in [3.63, 3.8) is 0 Å². The average molecular weight is 735 g/mol. The zero-order valence-corrected chi connectivity index (χ0v) is 28.4. The molecule has 2 heterocycles. The van der Waals surface area contributed by atoms with Gasteiger partial charge >= 0.3 is 18.1 Å². The van der Waals surface area contributed by atoms with Crippen LogP contribution in [-0.2, 0) is 39.1 Å². The largest absolute Gasteiger partial charge is 0.456 e. The summed E-state index contributed by atoms with van der Waals surface area (Å²) in [5, 5.41) is 11.8. The lowest BCUT2D eigenvalue weighted by atomic mass is 9.91. The third-order valence-electron chi connectivity index (χ3n) is 9.06. The van der Waals surface area contributed by atoms with Crippen LogP contribution in [-0.4, -0.2) is 90.6 Å². The van der Waals surface area contributed by atoms with Gasteiger partial charge in [-0.05, 0) is 42.7 Å². The minimum atomic E-state index is -4.67. The molecular formula is C39H37F3N2O9. The van der Waals surface area contributed by atoms with Crippen LogP contribution in [0.25, 0.3) is 6.08 Å². The first-order valence-corrected chi connectivity index (χ1v) is 17.1. The van der Waals surface area contributed by atoms with E-state index in [1.165, 1.54) is 35.2 Å². The van der Waals surface area contributed by atoms with E-state index >= 15 is 0 Å². The highest BCUT2D eigenvalue weighted by Crippen LogP contribution is 2.47. The smallest absolute Gasteiger partial charge is 0.422 e. The van der Waals surface area contributed by atoms with Gasteiger partial charge in [0.05, 0.1) is 12.2 Å². The van der Waals surface area contributed by atoms with Gasteiger partial charge in [0.15, 0.2) is 6.61 Å². The number of carbonyl (C=O) groups excluding carboxylic acids is 4. The van der Waals surface area contributed by atoms with Crippen LogP contribution in [0.3, 0.4) is 0 Å². The lowest BCUT2D eigenvalue weighted by molar-refractivity contribution is -0.182. The number of likely N-dealkylation sites (tertiary alicyclic amines) is 1. The number of nitrogens with zero attached hydrogens (tertiary/aromatic N) is 1. The molecule has 3 aliphatic rings. The van der Waals surface area contributed by atoms with Gasteiger partial charge in [0.1, 0.15) is 24.4 Å².